The smallest absolute Gasteiger partial charge is 0.261 e. The van der Waals surface area contributed by atoms with E-state index in [1.54, 1.807) is 36.4 Å². The molecule has 0 aliphatic carbocycles. The molecule has 5 nitrogen and oxygen atoms in total. The molecule has 3 rings (SSSR count). The van der Waals surface area contributed by atoms with Crippen molar-refractivity contribution >= 4 is 27.3 Å². The Morgan fingerprint density at radius 2 is 1.50 bits per heavy atom. The van der Waals surface area contributed by atoms with Crippen molar-refractivity contribution in [1.29, 1.82) is 0 Å². The van der Waals surface area contributed by atoms with Crippen molar-refractivity contribution in [2.75, 3.05) is 10.0 Å². The maximum atomic E-state index is 12.9. The number of carbonyl (C=O) groups is 1. The minimum atomic E-state index is -3.74. The number of sulfonamides is 1. The lowest BCUT2D eigenvalue weighted by atomic mass is 10.2. The predicted molar refractivity (Wildman–Crippen MR) is 98.0 cm³/mol. The second-order valence-electron chi connectivity index (χ2n) is 5.46. The van der Waals surface area contributed by atoms with Crippen LogP contribution in [0, 0.1) is 5.82 Å². The van der Waals surface area contributed by atoms with Crippen LogP contribution in [0.15, 0.2) is 83.8 Å². The minimum Gasteiger partial charge on any atom is -0.322 e. The van der Waals surface area contributed by atoms with E-state index in [0.717, 1.165) is 0 Å². The van der Waals surface area contributed by atoms with E-state index in [0.29, 0.717) is 5.69 Å². The van der Waals surface area contributed by atoms with Crippen molar-refractivity contribution in [1.82, 2.24) is 0 Å². The van der Waals surface area contributed by atoms with Gasteiger partial charge in [0.25, 0.3) is 15.9 Å². The van der Waals surface area contributed by atoms with Crippen molar-refractivity contribution in [3.05, 3.63) is 90.2 Å². The molecule has 0 bridgehead atoms. The highest BCUT2D eigenvalue weighted by Crippen LogP contribution is 2.18. The topological polar surface area (TPSA) is 75.3 Å². The lowest BCUT2D eigenvalue weighted by molar-refractivity contribution is 0.102. The van der Waals surface area contributed by atoms with Gasteiger partial charge in [0, 0.05) is 16.9 Å². The van der Waals surface area contributed by atoms with Gasteiger partial charge >= 0.3 is 0 Å². The molecule has 132 valence electrons. The number of anilines is 2. The minimum absolute atomic E-state index is 0.126. The largest absolute Gasteiger partial charge is 0.322 e. The first-order chi connectivity index (χ1) is 12.4. The van der Waals surface area contributed by atoms with Crippen LogP contribution in [0.1, 0.15) is 10.4 Å². The molecule has 0 fully saturated rings. The third kappa shape index (κ3) is 4.25. The van der Waals surface area contributed by atoms with E-state index in [-0.39, 0.29) is 16.1 Å². The molecule has 0 heterocycles. The van der Waals surface area contributed by atoms with Crippen LogP contribution in [0.25, 0.3) is 0 Å². The number of nitrogens with one attached hydrogen (secondary N) is 2. The average molecular weight is 370 g/mol. The molecule has 0 saturated carbocycles. The zero-order chi connectivity index (χ0) is 18.6. The fourth-order valence-corrected chi connectivity index (χ4v) is 3.34. The first-order valence-electron chi connectivity index (χ1n) is 7.69. The van der Waals surface area contributed by atoms with Crippen LogP contribution in [0.3, 0.4) is 0 Å². The Hall–Kier alpha value is -3.19. The van der Waals surface area contributed by atoms with E-state index in [9.17, 15) is 17.6 Å². The highest BCUT2D eigenvalue weighted by Gasteiger charge is 2.14. The third-order valence-electron chi connectivity index (χ3n) is 3.53. The second kappa shape index (κ2) is 7.37. The maximum absolute atomic E-state index is 12.9. The molecule has 0 spiro atoms. The maximum Gasteiger partial charge on any atom is 0.261 e. The molecular formula is C19H15FN2O3S. The number of benzene rings is 3. The zero-order valence-corrected chi connectivity index (χ0v) is 14.3. The standard InChI is InChI=1S/C19H15FN2O3S/c20-15-9-11-16(12-10-15)21-19(23)14-5-4-6-17(13-14)22-26(24,25)18-7-2-1-3-8-18/h1-13,22H,(H,21,23). The van der Waals surface area contributed by atoms with E-state index < -0.39 is 21.7 Å². The molecule has 26 heavy (non-hydrogen) atoms. The van der Waals surface area contributed by atoms with Crippen LogP contribution < -0.4 is 10.0 Å². The molecule has 7 heteroatoms. The highest BCUT2D eigenvalue weighted by molar-refractivity contribution is 7.92. The van der Waals surface area contributed by atoms with Crippen LogP contribution in [-0.2, 0) is 10.0 Å². The molecule has 0 radical (unpaired) electrons. The molecule has 2 N–H and O–H groups in total. The Morgan fingerprint density at radius 3 is 2.19 bits per heavy atom. The van der Waals surface area contributed by atoms with E-state index in [1.807, 2.05) is 0 Å². The fourth-order valence-electron chi connectivity index (χ4n) is 2.27. The molecule has 1 amide bonds. The van der Waals surface area contributed by atoms with Gasteiger partial charge < -0.3 is 5.32 Å². The van der Waals surface area contributed by atoms with Crippen molar-refractivity contribution in [2.45, 2.75) is 4.90 Å². The summed E-state index contributed by atoms with van der Waals surface area (Å²) in [5.74, 6) is -0.835. The SMILES string of the molecule is O=C(Nc1ccc(F)cc1)c1cccc(NS(=O)(=O)c2ccccc2)c1. The Kier molecular flexibility index (Phi) is 4.99. The molecular weight excluding hydrogens is 355 g/mol. The van der Waals surface area contributed by atoms with Gasteiger partial charge in [0.1, 0.15) is 5.82 Å². The van der Waals surface area contributed by atoms with Gasteiger partial charge in [-0.05, 0) is 54.6 Å². The molecule has 0 aliphatic rings. The summed E-state index contributed by atoms with van der Waals surface area (Å²) in [5, 5.41) is 2.62. The first kappa shape index (κ1) is 17.6. The van der Waals surface area contributed by atoms with Crippen LogP contribution in [0.5, 0.6) is 0 Å². The molecule has 0 saturated heterocycles. The molecule has 3 aromatic rings. The number of halogens is 1. The van der Waals surface area contributed by atoms with Crippen molar-refractivity contribution in [2.24, 2.45) is 0 Å². The van der Waals surface area contributed by atoms with E-state index >= 15 is 0 Å². The van der Waals surface area contributed by atoms with Crippen molar-refractivity contribution < 1.29 is 17.6 Å². The first-order valence-corrected chi connectivity index (χ1v) is 9.17. The number of hydrogen-bond donors (Lipinski definition) is 2. The van der Waals surface area contributed by atoms with E-state index in [1.165, 1.54) is 42.5 Å². The van der Waals surface area contributed by atoms with Gasteiger partial charge in [0.15, 0.2) is 0 Å². The van der Waals surface area contributed by atoms with Crippen molar-refractivity contribution in [3.8, 4) is 0 Å². The van der Waals surface area contributed by atoms with Gasteiger partial charge in [-0.1, -0.05) is 24.3 Å². The van der Waals surface area contributed by atoms with Crippen LogP contribution in [0.2, 0.25) is 0 Å². The van der Waals surface area contributed by atoms with Gasteiger partial charge in [0.05, 0.1) is 4.90 Å². The van der Waals surface area contributed by atoms with Gasteiger partial charge in [-0.3, -0.25) is 9.52 Å². The summed E-state index contributed by atoms with van der Waals surface area (Å²) in [6.45, 7) is 0. The van der Waals surface area contributed by atoms with Gasteiger partial charge in [-0.25, -0.2) is 12.8 Å². The number of rotatable bonds is 5. The number of amides is 1. The molecule has 0 unspecified atom stereocenters. The Balaban J connectivity index is 1.77. The monoisotopic (exact) mass is 370 g/mol. The second-order valence-corrected chi connectivity index (χ2v) is 7.14. The normalized spacial score (nSPS) is 11.0. The van der Waals surface area contributed by atoms with E-state index in [2.05, 4.69) is 10.0 Å². The Morgan fingerprint density at radius 1 is 0.808 bits per heavy atom. The Labute approximate surface area is 150 Å². The lowest BCUT2D eigenvalue weighted by Gasteiger charge is -2.10. The lowest BCUT2D eigenvalue weighted by Crippen LogP contribution is -2.15. The summed E-state index contributed by atoms with van der Waals surface area (Å²) in [4.78, 5) is 12.4. The zero-order valence-electron chi connectivity index (χ0n) is 13.5. The van der Waals surface area contributed by atoms with E-state index in [4.69, 9.17) is 0 Å². The van der Waals surface area contributed by atoms with Crippen LogP contribution >= 0.6 is 0 Å². The Bertz CT molecular complexity index is 1020. The molecule has 0 atom stereocenters. The van der Waals surface area contributed by atoms with Crippen molar-refractivity contribution in [3.63, 3.8) is 0 Å². The predicted octanol–water partition coefficient (Wildman–Crippen LogP) is 3.88. The summed E-state index contributed by atoms with van der Waals surface area (Å²) in [6.07, 6.45) is 0. The van der Waals surface area contributed by atoms with Crippen LogP contribution in [-0.4, -0.2) is 14.3 Å². The highest BCUT2D eigenvalue weighted by atomic mass is 32.2. The molecule has 0 aliphatic heterocycles. The summed E-state index contributed by atoms with van der Waals surface area (Å²) in [5.41, 5.74) is 0.967. The quantitative estimate of drug-likeness (QED) is 0.716. The van der Waals surface area contributed by atoms with Gasteiger partial charge in [-0.15, -0.1) is 0 Å². The number of carbonyl (C=O) groups excluding carboxylic acids is 1. The van der Waals surface area contributed by atoms with Crippen LogP contribution in [0.4, 0.5) is 15.8 Å². The van der Waals surface area contributed by atoms with Gasteiger partial charge in [-0.2, -0.15) is 0 Å². The summed E-state index contributed by atoms with van der Waals surface area (Å²) in [7, 11) is -3.74. The fraction of sp³-hybridized carbons (Fsp3) is 0. The molecule has 3 aromatic carbocycles. The average Bonchev–Trinajstić information content (AvgIpc) is 2.64. The number of hydrogen-bond acceptors (Lipinski definition) is 3. The summed E-state index contributed by atoms with van der Waals surface area (Å²) < 4.78 is 40.1. The third-order valence-corrected chi connectivity index (χ3v) is 4.93. The molecule has 0 aromatic heterocycles. The summed E-state index contributed by atoms with van der Waals surface area (Å²) >= 11 is 0. The summed E-state index contributed by atoms with van der Waals surface area (Å²) in [6, 6.07) is 19.4. The van der Waals surface area contributed by atoms with Gasteiger partial charge in [0.2, 0.25) is 0 Å².